The molecular formula is C21H36O4S. The van der Waals surface area contributed by atoms with E-state index in [-0.39, 0.29) is 6.61 Å². The molecule has 7 atom stereocenters. The van der Waals surface area contributed by atoms with Crippen molar-refractivity contribution >= 4 is 10.4 Å². The first-order valence-corrected chi connectivity index (χ1v) is 12.4. The molecule has 150 valence electrons. The van der Waals surface area contributed by atoms with Gasteiger partial charge in [-0.25, -0.2) is 4.18 Å². The van der Waals surface area contributed by atoms with Gasteiger partial charge in [0.2, 0.25) is 0 Å². The third kappa shape index (κ3) is 3.60. The van der Waals surface area contributed by atoms with Crippen LogP contribution in [0.5, 0.6) is 0 Å². The van der Waals surface area contributed by atoms with Crippen LogP contribution >= 0.6 is 0 Å². The molecule has 0 bridgehead atoms. The Bertz CT molecular complexity index is 603. The van der Waals surface area contributed by atoms with Gasteiger partial charge < -0.3 is 0 Å². The fourth-order valence-electron chi connectivity index (χ4n) is 7.94. The van der Waals surface area contributed by atoms with Gasteiger partial charge in [0, 0.05) is 0 Å². The molecule has 0 saturated heterocycles. The van der Waals surface area contributed by atoms with Crippen LogP contribution in [-0.4, -0.2) is 19.6 Å². The van der Waals surface area contributed by atoms with Crippen LogP contribution in [0.4, 0.5) is 0 Å². The van der Waals surface area contributed by atoms with Crippen LogP contribution < -0.4 is 0 Å². The van der Waals surface area contributed by atoms with Gasteiger partial charge in [0.1, 0.15) is 0 Å². The fraction of sp³-hybridized carbons (Fsp3) is 1.00. The molecule has 7 unspecified atom stereocenters. The second kappa shape index (κ2) is 7.36. The molecule has 5 heteroatoms. The topological polar surface area (TPSA) is 63.6 Å². The van der Waals surface area contributed by atoms with Crippen LogP contribution in [0.25, 0.3) is 0 Å². The van der Waals surface area contributed by atoms with E-state index in [2.05, 4.69) is 11.1 Å². The highest BCUT2D eigenvalue weighted by molar-refractivity contribution is 7.80. The van der Waals surface area contributed by atoms with E-state index in [9.17, 15) is 8.42 Å². The number of hydrogen-bond donors (Lipinski definition) is 1. The van der Waals surface area contributed by atoms with Crippen molar-refractivity contribution in [3.05, 3.63) is 0 Å². The van der Waals surface area contributed by atoms with Crippen molar-refractivity contribution in [2.24, 2.45) is 40.9 Å². The second-order valence-electron chi connectivity index (χ2n) is 9.93. The SMILES string of the molecule is CC12CCCCC1CCC1C3CCC(CCCOS(=O)(=O)O)C3CCC12. The van der Waals surface area contributed by atoms with Crippen LogP contribution in [0.1, 0.15) is 84.0 Å². The molecule has 1 N–H and O–H groups in total. The highest BCUT2D eigenvalue weighted by Crippen LogP contribution is 2.64. The summed E-state index contributed by atoms with van der Waals surface area (Å²) in [5.41, 5.74) is 0.619. The maximum atomic E-state index is 10.7. The summed E-state index contributed by atoms with van der Waals surface area (Å²) >= 11 is 0. The molecule has 4 saturated carbocycles. The third-order valence-electron chi connectivity index (χ3n) is 9.00. The fourth-order valence-corrected chi connectivity index (χ4v) is 8.27. The van der Waals surface area contributed by atoms with Crippen molar-refractivity contribution < 1.29 is 17.2 Å². The van der Waals surface area contributed by atoms with Gasteiger partial charge >= 0.3 is 10.4 Å². The van der Waals surface area contributed by atoms with Crippen molar-refractivity contribution in [1.29, 1.82) is 0 Å². The minimum atomic E-state index is -4.28. The molecule has 0 aromatic heterocycles. The molecule has 0 aliphatic heterocycles. The van der Waals surface area contributed by atoms with Crippen LogP contribution in [0.2, 0.25) is 0 Å². The average Bonchev–Trinajstić information content (AvgIpc) is 3.01. The summed E-state index contributed by atoms with van der Waals surface area (Å²) in [7, 11) is -4.28. The predicted octanol–water partition coefficient (Wildman–Crippen LogP) is 5.24. The zero-order valence-corrected chi connectivity index (χ0v) is 17.1. The van der Waals surface area contributed by atoms with Gasteiger partial charge in [-0.3, -0.25) is 4.55 Å². The molecule has 0 aromatic rings. The van der Waals surface area contributed by atoms with E-state index in [0.717, 1.165) is 48.3 Å². The summed E-state index contributed by atoms with van der Waals surface area (Å²) in [6.07, 6.45) is 16.1. The van der Waals surface area contributed by atoms with E-state index < -0.39 is 10.4 Å². The molecule has 26 heavy (non-hydrogen) atoms. The first-order chi connectivity index (χ1) is 12.4. The maximum Gasteiger partial charge on any atom is 0.397 e. The van der Waals surface area contributed by atoms with Crippen LogP contribution in [0, 0.1) is 40.9 Å². The van der Waals surface area contributed by atoms with E-state index in [0.29, 0.717) is 5.41 Å². The molecule has 0 amide bonds. The van der Waals surface area contributed by atoms with Crippen molar-refractivity contribution in [2.45, 2.75) is 84.0 Å². The Morgan fingerprint density at radius 1 is 0.962 bits per heavy atom. The van der Waals surface area contributed by atoms with Gasteiger partial charge in [0.05, 0.1) is 6.61 Å². The lowest BCUT2D eigenvalue weighted by Gasteiger charge is -2.58. The molecular weight excluding hydrogens is 348 g/mol. The standard InChI is InChI=1S/C21H36O4S/c1-21-13-3-2-6-16(21)8-10-19-18-9-7-15(17(18)11-12-20(19)21)5-4-14-25-26(22,23)24/h15-20H,2-14H2,1H3,(H,22,23,24). The van der Waals surface area contributed by atoms with Gasteiger partial charge in [-0.15, -0.1) is 0 Å². The monoisotopic (exact) mass is 384 g/mol. The first kappa shape index (κ1) is 19.2. The van der Waals surface area contributed by atoms with Gasteiger partial charge in [-0.05, 0) is 105 Å². The lowest BCUT2D eigenvalue weighted by atomic mass is 9.47. The minimum absolute atomic E-state index is 0.124. The van der Waals surface area contributed by atoms with E-state index in [4.69, 9.17) is 4.55 Å². The Morgan fingerprint density at radius 3 is 2.54 bits per heavy atom. The molecule has 4 rings (SSSR count). The summed E-state index contributed by atoms with van der Waals surface area (Å²) in [6, 6.07) is 0. The maximum absolute atomic E-state index is 10.7. The molecule has 4 aliphatic rings. The molecule has 0 spiro atoms. The molecule has 0 heterocycles. The highest BCUT2D eigenvalue weighted by atomic mass is 32.3. The Balaban J connectivity index is 1.36. The quantitative estimate of drug-likeness (QED) is 0.520. The lowest BCUT2D eigenvalue weighted by molar-refractivity contribution is -0.0871. The van der Waals surface area contributed by atoms with E-state index in [1.165, 1.54) is 64.2 Å². The average molecular weight is 385 g/mol. The molecule has 0 aromatic carbocycles. The van der Waals surface area contributed by atoms with Crippen LogP contribution in [0.3, 0.4) is 0 Å². The largest absolute Gasteiger partial charge is 0.397 e. The summed E-state index contributed by atoms with van der Waals surface area (Å²) < 4.78 is 34.6. The van der Waals surface area contributed by atoms with Crippen molar-refractivity contribution in [2.75, 3.05) is 6.61 Å². The number of hydrogen-bond acceptors (Lipinski definition) is 3. The molecule has 4 aliphatic carbocycles. The van der Waals surface area contributed by atoms with E-state index >= 15 is 0 Å². The Hall–Kier alpha value is -0.130. The second-order valence-corrected chi connectivity index (χ2v) is 11.0. The smallest absolute Gasteiger partial charge is 0.264 e. The molecule has 4 fully saturated rings. The Morgan fingerprint density at radius 2 is 1.73 bits per heavy atom. The first-order valence-electron chi connectivity index (χ1n) is 11.0. The summed E-state index contributed by atoms with van der Waals surface area (Å²) in [4.78, 5) is 0. The zero-order valence-electron chi connectivity index (χ0n) is 16.2. The van der Waals surface area contributed by atoms with Crippen molar-refractivity contribution in [1.82, 2.24) is 0 Å². The molecule has 0 radical (unpaired) electrons. The number of fused-ring (bicyclic) bond motifs is 5. The normalized spacial score (nSPS) is 45.6. The van der Waals surface area contributed by atoms with Crippen molar-refractivity contribution in [3.63, 3.8) is 0 Å². The minimum Gasteiger partial charge on any atom is -0.264 e. The summed E-state index contributed by atoms with van der Waals surface area (Å²) in [5, 5.41) is 0. The van der Waals surface area contributed by atoms with Gasteiger partial charge in [0.25, 0.3) is 0 Å². The summed E-state index contributed by atoms with van der Waals surface area (Å²) in [6.45, 7) is 2.76. The van der Waals surface area contributed by atoms with E-state index in [1.54, 1.807) is 0 Å². The van der Waals surface area contributed by atoms with E-state index in [1.807, 2.05) is 0 Å². The Kier molecular flexibility index (Phi) is 5.44. The van der Waals surface area contributed by atoms with Crippen LogP contribution in [0.15, 0.2) is 0 Å². The van der Waals surface area contributed by atoms with Gasteiger partial charge in [-0.2, -0.15) is 8.42 Å². The lowest BCUT2D eigenvalue weighted by Crippen LogP contribution is -2.50. The van der Waals surface area contributed by atoms with Gasteiger partial charge in [0.15, 0.2) is 0 Å². The highest BCUT2D eigenvalue weighted by Gasteiger charge is 2.55. The van der Waals surface area contributed by atoms with Gasteiger partial charge in [-0.1, -0.05) is 19.8 Å². The van der Waals surface area contributed by atoms with Crippen LogP contribution in [-0.2, 0) is 14.6 Å². The Labute approximate surface area is 159 Å². The zero-order chi connectivity index (χ0) is 18.4. The number of rotatable bonds is 5. The molecule has 4 nitrogen and oxygen atoms in total. The third-order valence-corrected chi connectivity index (χ3v) is 9.47. The summed E-state index contributed by atoms with van der Waals surface area (Å²) in [5.74, 6) is 5.41. The van der Waals surface area contributed by atoms with Crippen molar-refractivity contribution in [3.8, 4) is 0 Å². The predicted molar refractivity (Wildman–Crippen MR) is 102 cm³/mol.